The largest absolute Gasteiger partial charge is 0.271 e. The molecule has 2 amide bonds. The Kier molecular flexibility index (Phi) is 4.63. The number of hydrogen-bond acceptors (Lipinski definition) is 4. The van der Waals surface area contributed by atoms with Gasteiger partial charge in [-0.05, 0) is 36.4 Å². The number of alkyl halides is 1. The Morgan fingerprint density at radius 3 is 2.59 bits per heavy atom. The van der Waals surface area contributed by atoms with Crippen molar-refractivity contribution in [3.63, 3.8) is 0 Å². The topological polar surface area (TPSA) is 75.2 Å². The van der Waals surface area contributed by atoms with Gasteiger partial charge in [0.25, 0.3) is 11.8 Å². The SMILES string of the molecule is O=C(NN1C(=O)C(Cl)C1c1cc2cc(Cl)ccc2nc1Cl)c1ccncc1. The van der Waals surface area contributed by atoms with E-state index in [-0.39, 0.29) is 5.15 Å². The second-order valence-corrected chi connectivity index (χ2v) is 7.20. The van der Waals surface area contributed by atoms with E-state index in [9.17, 15) is 9.59 Å². The van der Waals surface area contributed by atoms with E-state index >= 15 is 0 Å². The first-order chi connectivity index (χ1) is 13.0. The fourth-order valence-corrected chi connectivity index (χ4v) is 3.69. The van der Waals surface area contributed by atoms with Gasteiger partial charge in [-0.15, -0.1) is 11.6 Å². The third-order valence-corrected chi connectivity index (χ3v) is 5.23. The summed E-state index contributed by atoms with van der Waals surface area (Å²) in [5, 5.41) is 1.81. The van der Waals surface area contributed by atoms with E-state index in [0.717, 1.165) is 5.39 Å². The number of benzene rings is 1. The van der Waals surface area contributed by atoms with E-state index in [4.69, 9.17) is 34.8 Å². The Morgan fingerprint density at radius 1 is 1.11 bits per heavy atom. The van der Waals surface area contributed by atoms with E-state index in [1.165, 1.54) is 17.4 Å². The molecule has 1 aliphatic heterocycles. The van der Waals surface area contributed by atoms with Crippen molar-refractivity contribution < 1.29 is 9.59 Å². The third-order valence-electron chi connectivity index (χ3n) is 4.27. The lowest BCUT2D eigenvalue weighted by Crippen LogP contribution is -2.63. The van der Waals surface area contributed by atoms with Crippen molar-refractivity contribution in [3.05, 3.63) is 70.1 Å². The predicted octanol–water partition coefficient (Wildman–Crippen LogP) is 3.77. The highest BCUT2D eigenvalue weighted by molar-refractivity contribution is 6.35. The average molecular weight is 422 g/mol. The molecule has 9 heteroatoms. The zero-order valence-electron chi connectivity index (χ0n) is 13.6. The molecule has 2 unspecified atom stereocenters. The van der Waals surface area contributed by atoms with Gasteiger partial charge in [-0.3, -0.25) is 20.0 Å². The van der Waals surface area contributed by atoms with Crippen LogP contribution in [0, 0.1) is 0 Å². The molecular weight excluding hydrogens is 411 g/mol. The number of hydrazine groups is 1. The van der Waals surface area contributed by atoms with E-state index in [1.807, 2.05) is 0 Å². The lowest BCUT2D eigenvalue weighted by Gasteiger charge is -2.44. The van der Waals surface area contributed by atoms with Gasteiger partial charge in [-0.1, -0.05) is 23.2 Å². The predicted molar refractivity (Wildman–Crippen MR) is 103 cm³/mol. The molecule has 0 radical (unpaired) electrons. The van der Waals surface area contributed by atoms with Gasteiger partial charge in [0, 0.05) is 33.9 Å². The summed E-state index contributed by atoms with van der Waals surface area (Å²) in [6.07, 6.45) is 2.98. The summed E-state index contributed by atoms with van der Waals surface area (Å²) >= 11 is 18.6. The number of pyridine rings is 2. The Labute approximate surface area is 169 Å². The van der Waals surface area contributed by atoms with Crippen molar-refractivity contribution >= 4 is 57.5 Å². The number of halogens is 3. The molecule has 0 aliphatic carbocycles. The molecule has 27 heavy (non-hydrogen) atoms. The van der Waals surface area contributed by atoms with Gasteiger partial charge < -0.3 is 0 Å². The average Bonchev–Trinajstić information content (AvgIpc) is 2.68. The molecule has 1 N–H and O–H groups in total. The lowest BCUT2D eigenvalue weighted by molar-refractivity contribution is -0.149. The molecule has 1 aromatic carbocycles. The van der Waals surface area contributed by atoms with Gasteiger partial charge in [0.2, 0.25) is 0 Å². The Morgan fingerprint density at radius 2 is 1.85 bits per heavy atom. The molecule has 3 aromatic rings. The summed E-state index contributed by atoms with van der Waals surface area (Å²) in [6.45, 7) is 0. The smallest absolute Gasteiger partial charge is 0.270 e. The lowest BCUT2D eigenvalue weighted by atomic mass is 9.95. The Balaban J connectivity index is 1.67. The minimum absolute atomic E-state index is 0.205. The first-order valence-electron chi connectivity index (χ1n) is 7.89. The molecule has 1 aliphatic rings. The molecule has 2 aromatic heterocycles. The summed E-state index contributed by atoms with van der Waals surface area (Å²) < 4.78 is 0. The van der Waals surface area contributed by atoms with E-state index in [1.54, 1.807) is 36.4 Å². The molecule has 6 nitrogen and oxygen atoms in total. The highest BCUT2D eigenvalue weighted by Crippen LogP contribution is 2.40. The number of nitrogens with zero attached hydrogens (tertiary/aromatic N) is 3. The third kappa shape index (κ3) is 3.20. The van der Waals surface area contributed by atoms with Crippen LogP contribution >= 0.6 is 34.8 Å². The fourth-order valence-electron chi connectivity index (χ4n) is 2.90. The van der Waals surface area contributed by atoms with Crippen LogP contribution in [0.2, 0.25) is 10.2 Å². The minimum Gasteiger partial charge on any atom is -0.271 e. The van der Waals surface area contributed by atoms with E-state index < -0.39 is 23.2 Å². The van der Waals surface area contributed by atoms with Crippen LogP contribution in [0.15, 0.2) is 48.8 Å². The van der Waals surface area contributed by atoms with Crippen molar-refractivity contribution in [2.24, 2.45) is 0 Å². The number of carbonyl (C=O) groups is 2. The van der Waals surface area contributed by atoms with E-state index in [2.05, 4.69) is 15.4 Å². The molecule has 3 heterocycles. The van der Waals surface area contributed by atoms with Gasteiger partial charge >= 0.3 is 0 Å². The number of hydrogen-bond donors (Lipinski definition) is 1. The summed E-state index contributed by atoms with van der Waals surface area (Å²) in [6, 6.07) is 9.42. The maximum absolute atomic E-state index is 12.4. The van der Waals surface area contributed by atoms with Crippen LogP contribution in [-0.2, 0) is 4.79 Å². The number of carbonyl (C=O) groups excluding carboxylic acids is 2. The monoisotopic (exact) mass is 420 g/mol. The second-order valence-electron chi connectivity index (χ2n) is 5.94. The molecule has 0 spiro atoms. The quantitative estimate of drug-likeness (QED) is 0.397. The first-order valence-corrected chi connectivity index (χ1v) is 9.09. The molecule has 0 saturated carbocycles. The molecule has 1 fully saturated rings. The molecular formula is C18H11Cl3N4O2. The molecule has 2 atom stereocenters. The second kappa shape index (κ2) is 6.96. The van der Waals surface area contributed by atoms with Crippen LogP contribution in [0.25, 0.3) is 10.9 Å². The van der Waals surface area contributed by atoms with E-state index in [0.29, 0.717) is 21.7 Å². The zero-order valence-corrected chi connectivity index (χ0v) is 15.8. The van der Waals surface area contributed by atoms with Gasteiger partial charge in [-0.25, -0.2) is 9.99 Å². The number of amides is 2. The molecule has 1 saturated heterocycles. The summed E-state index contributed by atoms with van der Waals surface area (Å²) in [7, 11) is 0. The first kappa shape index (κ1) is 18.0. The van der Waals surface area contributed by atoms with Crippen molar-refractivity contribution in [1.29, 1.82) is 0 Å². The maximum atomic E-state index is 12.4. The molecule has 0 bridgehead atoms. The summed E-state index contributed by atoms with van der Waals surface area (Å²) in [5.41, 5.74) is 4.13. The van der Waals surface area contributed by atoms with Gasteiger partial charge in [0.15, 0.2) is 0 Å². The minimum atomic E-state index is -0.862. The van der Waals surface area contributed by atoms with Crippen LogP contribution in [-0.4, -0.2) is 32.2 Å². The van der Waals surface area contributed by atoms with Crippen molar-refractivity contribution in [2.75, 3.05) is 0 Å². The van der Waals surface area contributed by atoms with Gasteiger partial charge in [0.1, 0.15) is 16.6 Å². The van der Waals surface area contributed by atoms with Crippen LogP contribution in [0.5, 0.6) is 0 Å². The number of fused-ring (bicyclic) bond motifs is 1. The number of aromatic nitrogens is 2. The molecule has 4 rings (SSSR count). The number of nitrogens with one attached hydrogen (secondary N) is 1. The highest BCUT2D eigenvalue weighted by atomic mass is 35.5. The van der Waals surface area contributed by atoms with Crippen LogP contribution in [0.1, 0.15) is 22.0 Å². The number of β-lactam (4-membered cyclic amide) rings is 1. The van der Waals surface area contributed by atoms with Crippen molar-refractivity contribution in [1.82, 2.24) is 20.4 Å². The summed E-state index contributed by atoms with van der Waals surface area (Å²) in [4.78, 5) is 32.8. The van der Waals surface area contributed by atoms with Crippen LogP contribution < -0.4 is 5.43 Å². The normalized spacial score (nSPS) is 19.1. The summed E-state index contributed by atoms with van der Waals surface area (Å²) in [5.74, 6) is -0.876. The zero-order chi connectivity index (χ0) is 19.1. The fraction of sp³-hybridized carbons (Fsp3) is 0.111. The van der Waals surface area contributed by atoms with Crippen LogP contribution in [0.3, 0.4) is 0 Å². The highest BCUT2D eigenvalue weighted by Gasteiger charge is 2.49. The van der Waals surface area contributed by atoms with Gasteiger partial charge in [-0.2, -0.15) is 0 Å². The number of rotatable bonds is 3. The maximum Gasteiger partial charge on any atom is 0.270 e. The van der Waals surface area contributed by atoms with Crippen molar-refractivity contribution in [3.8, 4) is 0 Å². The Bertz CT molecular complexity index is 1060. The van der Waals surface area contributed by atoms with Crippen LogP contribution in [0.4, 0.5) is 0 Å². The Hall–Kier alpha value is -2.41. The molecule has 136 valence electrons. The standard InChI is InChI=1S/C18H11Cl3N4O2/c19-11-1-2-13-10(7-11)8-12(16(21)23-13)15-14(20)18(27)25(15)24-17(26)9-3-5-22-6-4-9/h1-8,14-15H,(H,24,26). The van der Waals surface area contributed by atoms with Gasteiger partial charge in [0.05, 0.1) is 5.52 Å². The van der Waals surface area contributed by atoms with Crippen molar-refractivity contribution in [2.45, 2.75) is 11.4 Å².